The Morgan fingerprint density at radius 1 is 1.38 bits per heavy atom. The van der Waals surface area contributed by atoms with Gasteiger partial charge in [0.25, 0.3) is 0 Å². The highest BCUT2D eigenvalue weighted by molar-refractivity contribution is 5.88. The van der Waals surface area contributed by atoms with Crippen molar-refractivity contribution in [3.8, 4) is 0 Å². The normalized spacial score (nSPS) is 18.7. The molecule has 0 bridgehead atoms. The number of carbonyl (C=O) groups is 1. The number of ether oxygens (including phenoxy) is 1. The van der Waals surface area contributed by atoms with Gasteiger partial charge in [0.1, 0.15) is 11.8 Å². The predicted octanol–water partition coefficient (Wildman–Crippen LogP) is 2.27. The molecule has 0 radical (unpaired) electrons. The molecule has 24 heavy (non-hydrogen) atoms. The molecule has 0 unspecified atom stereocenters. The third-order valence-electron chi connectivity index (χ3n) is 3.70. The summed E-state index contributed by atoms with van der Waals surface area (Å²) in [4.78, 5) is 14.2. The van der Waals surface area contributed by atoms with Gasteiger partial charge in [-0.05, 0) is 0 Å². The van der Waals surface area contributed by atoms with Crippen molar-refractivity contribution >= 4 is 11.8 Å². The molecule has 1 aliphatic rings. The van der Waals surface area contributed by atoms with Crippen LogP contribution in [0.3, 0.4) is 0 Å². The van der Waals surface area contributed by atoms with Gasteiger partial charge in [-0.2, -0.15) is 0 Å². The maximum Gasteiger partial charge on any atom is 0.323 e. The topological polar surface area (TPSA) is 107 Å². The van der Waals surface area contributed by atoms with Crippen LogP contribution in [0.25, 0.3) is 0 Å². The number of anilines is 1. The molecule has 9 heteroatoms. The van der Waals surface area contributed by atoms with E-state index in [9.17, 15) is 4.79 Å². The number of morpholine rings is 1. The molecule has 9 nitrogen and oxygen atoms in total. The molecule has 1 N–H and O–H groups in total. The van der Waals surface area contributed by atoms with E-state index in [1.807, 2.05) is 20.8 Å². The molecule has 0 aromatic carbocycles. The van der Waals surface area contributed by atoms with Gasteiger partial charge in [-0.3, -0.25) is 5.32 Å². The SMILES string of the molecule is Cc1nnc([C@H]2COCCN2C(=O)Nc2cc(C(C)(C)C)on2)o1. The predicted molar refractivity (Wildman–Crippen MR) is 83.5 cm³/mol. The van der Waals surface area contributed by atoms with E-state index < -0.39 is 6.04 Å². The summed E-state index contributed by atoms with van der Waals surface area (Å²) in [5.74, 6) is 1.88. The number of urea groups is 1. The van der Waals surface area contributed by atoms with Gasteiger partial charge in [0.05, 0.1) is 13.2 Å². The number of aromatic nitrogens is 3. The Morgan fingerprint density at radius 2 is 2.17 bits per heavy atom. The lowest BCUT2D eigenvalue weighted by atomic mass is 9.93. The van der Waals surface area contributed by atoms with Crippen molar-refractivity contribution in [2.75, 3.05) is 25.1 Å². The summed E-state index contributed by atoms with van der Waals surface area (Å²) in [6.45, 7) is 8.90. The largest absolute Gasteiger partial charge is 0.423 e. The molecule has 2 aromatic heterocycles. The lowest BCUT2D eigenvalue weighted by Gasteiger charge is -2.32. The van der Waals surface area contributed by atoms with Crippen LogP contribution in [0.4, 0.5) is 10.6 Å². The third kappa shape index (κ3) is 3.40. The highest BCUT2D eigenvalue weighted by atomic mass is 16.5. The van der Waals surface area contributed by atoms with Crippen LogP contribution in [0.1, 0.15) is 44.4 Å². The molecular weight excluding hydrogens is 314 g/mol. The fourth-order valence-corrected chi connectivity index (χ4v) is 2.37. The highest BCUT2D eigenvalue weighted by Crippen LogP contribution is 2.26. The van der Waals surface area contributed by atoms with Gasteiger partial charge in [-0.1, -0.05) is 25.9 Å². The molecule has 1 aliphatic heterocycles. The first kappa shape index (κ1) is 16.4. The fourth-order valence-electron chi connectivity index (χ4n) is 2.37. The summed E-state index contributed by atoms with van der Waals surface area (Å²) in [6, 6.07) is 0.992. The van der Waals surface area contributed by atoms with E-state index >= 15 is 0 Å². The number of nitrogens with one attached hydrogen (secondary N) is 1. The standard InChI is InChI=1S/C15H21N5O4/c1-9-17-18-13(23-9)10-8-22-6-5-20(10)14(21)16-12-7-11(24-19-12)15(2,3)4/h7,10H,5-6,8H2,1-4H3,(H,16,19,21)/t10-/m1/s1. The second-order valence-electron chi connectivity index (χ2n) is 6.70. The Morgan fingerprint density at radius 3 is 2.79 bits per heavy atom. The quantitative estimate of drug-likeness (QED) is 0.897. The third-order valence-corrected chi connectivity index (χ3v) is 3.70. The number of amides is 2. The molecule has 0 saturated carbocycles. The maximum atomic E-state index is 12.6. The molecule has 0 aliphatic carbocycles. The van der Waals surface area contributed by atoms with Crippen molar-refractivity contribution < 1.29 is 18.5 Å². The van der Waals surface area contributed by atoms with E-state index in [4.69, 9.17) is 13.7 Å². The van der Waals surface area contributed by atoms with E-state index in [2.05, 4.69) is 20.7 Å². The van der Waals surface area contributed by atoms with Crippen molar-refractivity contribution in [2.45, 2.75) is 39.2 Å². The summed E-state index contributed by atoms with van der Waals surface area (Å²) < 4.78 is 16.2. The minimum absolute atomic E-state index is 0.182. The van der Waals surface area contributed by atoms with Crippen LogP contribution in [0.2, 0.25) is 0 Å². The summed E-state index contributed by atoms with van der Waals surface area (Å²) >= 11 is 0. The first-order valence-electron chi connectivity index (χ1n) is 7.77. The van der Waals surface area contributed by atoms with Gasteiger partial charge < -0.3 is 18.6 Å². The minimum Gasteiger partial charge on any atom is -0.423 e. The number of hydrogen-bond donors (Lipinski definition) is 1. The molecule has 1 fully saturated rings. The zero-order chi connectivity index (χ0) is 17.3. The number of hydrogen-bond acceptors (Lipinski definition) is 7. The first-order valence-corrected chi connectivity index (χ1v) is 7.77. The van der Waals surface area contributed by atoms with Crippen LogP contribution < -0.4 is 5.32 Å². The van der Waals surface area contributed by atoms with Gasteiger partial charge >= 0.3 is 6.03 Å². The van der Waals surface area contributed by atoms with Crippen LogP contribution in [-0.2, 0) is 10.2 Å². The Balaban J connectivity index is 1.73. The summed E-state index contributed by atoms with van der Waals surface area (Å²) in [7, 11) is 0. The van der Waals surface area contributed by atoms with Crippen molar-refractivity contribution in [3.63, 3.8) is 0 Å². The van der Waals surface area contributed by atoms with E-state index in [0.717, 1.165) is 0 Å². The molecular formula is C15H21N5O4. The monoisotopic (exact) mass is 335 g/mol. The zero-order valence-corrected chi connectivity index (χ0v) is 14.2. The minimum atomic E-state index is -0.422. The molecule has 2 amide bonds. The smallest absolute Gasteiger partial charge is 0.323 e. The van der Waals surface area contributed by atoms with Crippen LogP contribution in [0.5, 0.6) is 0 Å². The van der Waals surface area contributed by atoms with Gasteiger partial charge in [0.15, 0.2) is 5.82 Å². The molecule has 130 valence electrons. The molecule has 0 spiro atoms. The van der Waals surface area contributed by atoms with E-state index in [0.29, 0.717) is 43.1 Å². The Hall–Kier alpha value is -2.42. The van der Waals surface area contributed by atoms with E-state index in [1.165, 1.54) is 0 Å². The number of nitrogens with zero attached hydrogens (tertiary/aromatic N) is 4. The average Bonchev–Trinajstić information content (AvgIpc) is 3.16. The second kappa shape index (κ2) is 6.23. The van der Waals surface area contributed by atoms with Crippen LogP contribution in [0, 0.1) is 6.92 Å². The number of aryl methyl sites for hydroxylation is 1. The lowest BCUT2D eigenvalue weighted by molar-refractivity contribution is 0.00508. The summed E-state index contributed by atoms with van der Waals surface area (Å²) in [5, 5.41) is 14.5. The summed E-state index contributed by atoms with van der Waals surface area (Å²) in [5.41, 5.74) is -0.182. The van der Waals surface area contributed by atoms with Crippen molar-refractivity contribution in [1.82, 2.24) is 20.3 Å². The van der Waals surface area contributed by atoms with Crippen LogP contribution in [-0.4, -0.2) is 46.0 Å². The molecule has 3 rings (SSSR count). The van der Waals surface area contributed by atoms with Crippen molar-refractivity contribution in [1.29, 1.82) is 0 Å². The molecule has 3 heterocycles. The Labute approximate surface area is 139 Å². The highest BCUT2D eigenvalue weighted by Gasteiger charge is 2.33. The zero-order valence-electron chi connectivity index (χ0n) is 14.2. The van der Waals surface area contributed by atoms with Crippen LogP contribution >= 0.6 is 0 Å². The number of rotatable bonds is 2. The van der Waals surface area contributed by atoms with E-state index in [-0.39, 0.29) is 11.4 Å². The average molecular weight is 335 g/mol. The number of carbonyl (C=O) groups excluding carboxylic acids is 1. The van der Waals surface area contributed by atoms with Crippen molar-refractivity contribution in [2.24, 2.45) is 0 Å². The van der Waals surface area contributed by atoms with Crippen molar-refractivity contribution in [3.05, 3.63) is 23.6 Å². The molecule has 1 atom stereocenters. The van der Waals surface area contributed by atoms with Gasteiger partial charge in [-0.25, -0.2) is 4.79 Å². The summed E-state index contributed by atoms with van der Waals surface area (Å²) in [6.07, 6.45) is 0. The Kier molecular flexibility index (Phi) is 4.27. The lowest BCUT2D eigenvalue weighted by Crippen LogP contribution is -2.45. The maximum absolute atomic E-state index is 12.6. The van der Waals surface area contributed by atoms with Gasteiger partial charge in [-0.15, -0.1) is 10.2 Å². The van der Waals surface area contributed by atoms with Gasteiger partial charge in [0, 0.05) is 24.9 Å². The Bertz CT molecular complexity index is 718. The molecule has 1 saturated heterocycles. The fraction of sp³-hybridized carbons (Fsp3) is 0.600. The molecule has 2 aromatic rings. The van der Waals surface area contributed by atoms with Gasteiger partial charge in [0.2, 0.25) is 11.8 Å². The second-order valence-corrected chi connectivity index (χ2v) is 6.70. The van der Waals surface area contributed by atoms with Crippen LogP contribution in [0.15, 0.2) is 15.0 Å². The first-order chi connectivity index (χ1) is 11.3. The van der Waals surface area contributed by atoms with E-state index in [1.54, 1.807) is 17.9 Å².